The topological polar surface area (TPSA) is 128 Å². The number of halogens is 2. The average Bonchev–Trinajstić information content (AvgIpc) is 3.12. The Balaban J connectivity index is 1.66. The predicted octanol–water partition coefficient (Wildman–Crippen LogP) is 5.42. The maximum absolute atomic E-state index is 13.8. The van der Waals surface area contributed by atoms with Crippen molar-refractivity contribution in [2.24, 2.45) is 5.41 Å². The van der Waals surface area contributed by atoms with Gasteiger partial charge in [0.05, 0.1) is 6.61 Å². The summed E-state index contributed by atoms with van der Waals surface area (Å²) in [6, 6.07) is 12.6. The number of pyridine rings is 1. The zero-order valence-electron chi connectivity index (χ0n) is 17.8. The zero-order valence-corrected chi connectivity index (χ0v) is 20.2. The largest absolute Gasteiger partial charge is 0.457 e. The molecule has 0 spiro atoms. The van der Waals surface area contributed by atoms with Gasteiger partial charge in [0.1, 0.15) is 22.9 Å². The maximum Gasteiger partial charge on any atom is 0.457 e. The number of nitrogens with zero attached hydrogens (tertiary/aromatic N) is 4. The molecule has 1 fully saturated rings. The smallest absolute Gasteiger partial charge is 0.382 e. The Kier molecular flexibility index (Phi) is 6.41. The SMILES string of the molecule is CC1(C)COP(=O)(n2nc(NCc3ccc(Cl)nc3)c(C#N)c2N)OC1c1ccccc1Cl. The monoisotopic (exact) mass is 506 g/mol. The van der Waals surface area contributed by atoms with E-state index in [1.54, 1.807) is 30.5 Å². The second kappa shape index (κ2) is 8.98. The van der Waals surface area contributed by atoms with Gasteiger partial charge in [-0.05, 0) is 17.7 Å². The van der Waals surface area contributed by atoms with E-state index in [9.17, 15) is 9.83 Å². The first kappa shape index (κ1) is 23.6. The van der Waals surface area contributed by atoms with Crippen molar-refractivity contribution < 1.29 is 13.6 Å². The lowest BCUT2D eigenvalue weighted by Gasteiger charge is -2.41. The van der Waals surface area contributed by atoms with E-state index in [2.05, 4.69) is 15.4 Å². The van der Waals surface area contributed by atoms with E-state index in [0.717, 1.165) is 10.0 Å². The first-order valence-corrected chi connectivity index (χ1v) is 12.2. The Bertz CT molecular complexity index is 1270. The lowest BCUT2D eigenvalue weighted by molar-refractivity contribution is -0.0303. The molecule has 0 bridgehead atoms. The summed E-state index contributed by atoms with van der Waals surface area (Å²) < 4.78 is 26.5. The highest BCUT2D eigenvalue weighted by Crippen LogP contribution is 2.62. The molecule has 33 heavy (non-hydrogen) atoms. The third-order valence-electron chi connectivity index (χ3n) is 5.23. The van der Waals surface area contributed by atoms with Crippen LogP contribution < -0.4 is 11.1 Å². The van der Waals surface area contributed by atoms with Crippen LogP contribution in [0.25, 0.3) is 0 Å². The molecule has 4 rings (SSSR count). The molecule has 12 heteroatoms. The van der Waals surface area contributed by atoms with Gasteiger partial charge in [-0.25, -0.2) is 9.55 Å². The number of nitrogens with two attached hydrogens (primary N) is 1. The third-order valence-corrected chi connectivity index (χ3v) is 7.50. The Labute approximate surface area is 201 Å². The molecule has 0 aliphatic carbocycles. The van der Waals surface area contributed by atoms with Crippen molar-refractivity contribution in [2.75, 3.05) is 17.7 Å². The zero-order chi connectivity index (χ0) is 23.8. The number of nitriles is 1. The number of aromatic nitrogens is 3. The summed E-state index contributed by atoms with van der Waals surface area (Å²) in [4.78, 5) is 4.01. The molecule has 1 saturated heterocycles. The van der Waals surface area contributed by atoms with Crippen molar-refractivity contribution in [1.29, 1.82) is 5.26 Å². The van der Waals surface area contributed by atoms with Crippen LogP contribution in [0.5, 0.6) is 0 Å². The second-order valence-electron chi connectivity index (χ2n) is 8.19. The molecule has 3 aromatic rings. The van der Waals surface area contributed by atoms with Crippen LogP contribution in [0.3, 0.4) is 0 Å². The Hall–Kier alpha value is -2.60. The highest BCUT2D eigenvalue weighted by molar-refractivity contribution is 7.52. The van der Waals surface area contributed by atoms with Crippen LogP contribution in [-0.2, 0) is 20.2 Å². The second-order valence-corrected chi connectivity index (χ2v) is 10.8. The van der Waals surface area contributed by atoms with Crippen LogP contribution in [-0.4, -0.2) is 21.1 Å². The molecule has 2 aromatic heterocycles. The van der Waals surface area contributed by atoms with E-state index in [1.807, 2.05) is 32.0 Å². The molecule has 172 valence electrons. The maximum atomic E-state index is 13.8. The summed E-state index contributed by atoms with van der Waals surface area (Å²) in [6.45, 7) is 4.23. The summed E-state index contributed by atoms with van der Waals surface area (Å²) in [5.74, 6) is 0.0154. The number of nitrogen functional groups attached to an aromatic ring is 1. The fraction of sp³-hybridized carbons (Fsp3) is 0.286. The summed E-state index contributed by atoms with van der Waals surface area (Å²) in [5.41, 5.74) is 7.11. The fourth-order valence-electron chi connectivity index (χ4n) is 3.43. The van der Waals surface area contributed by atoms with Crippen molar-refractivity contribution in [3.05, 3.63) is 69.5 Å². The predicted molar refractivity (Wildman–Crippen MR) is 126 cm³/mol. The molecular formula is C21H21Cl2N6O3P. The van der Waals surface area contributed by atoms with Gasteiger partial charge < -0.3 is 11.1 Å². The van der Waals surface area contributed by atoms with Gasteiger partial charge in [0, 0.05) is 28.7 Å². The van der Waals surface area contributed by atoms with E-state index < -0.39 is 19.3 Å². The normalized spacial score (nSPS) is 22.0. The van der Waals surface area contributed by atoms with Crippen LogP contribution in [0.1, 0.15) is 36.6 Å². The summed E-state index contributed by atoms with van der Waals surface area (Å²) in [6.07, 6.45) is 0.935. The van der Waals surface area contributed by atoms with E-state index in [1.165, 1.54) is 0 Å². The van der Waals surface area contributed by atoms with E-state index in [4.69, 9.17) is 38.0 Å². The Morgan fingerprint density at radius 1 is 1.33 bits per heavy atom. The van der Waals surface area contributed by atoms with Gasteiger partial charge in [-0.3, -0.25) is 9.05 Å². The van der Waals surface area contributed by atoms with E-state index in [0.29, 0.717) is 15.7 Å². The minimum Gasteiger partial charge on any atom is -0.382 e. The quantitative estimate of drug-likeness (QED) is 0.346. The van der Waals surface area contributed by atoms with Gasteiger partial charge in [-0.1, -0.05) is 61.3 Å². The van der Waals surface area contributed by atoms with Crippen molar-refractivity contribution in [3.8, 4) is 6.07 Å². The van der Waals surface area contributed by atoms with Crippen molar-refractivity contribution in [3.63, 3.8) is 0 Å². The summed E-state index contributed by atoms with van der Waals surface area (Å²) in [5, 5.41) is 17.8. The first-order chi connectivity index (χ1) is 15.6. The molecule has 0 amide bonds. The number of nitrogens with one attached hydrogen (secondary N) is 1. The Morgan fingerprint density at radius 3 is 2.76 bits per heavy atom. The molecule has 0 radical (unpaired) electrons. The number of benzene rings is 1. The van der Waals surface area contributed by atoms with Crippen LogP contribution in [0.4, 0.5) is 11.6 Å². The lowest BCUT2D eigenvalue weighted by atomic mass is 9.83. The molecular weight excluding hydrogens is 486 g/mol. The van der Waals surface area contributed by atoms with E-state index >= 15 is 0 Å². The molecule has 2 unspecified atom stereocenters. The summed E-state index contributed by atoms with van der Waals surface area (Å²) >= 11 is 12.2. The molecule has 9 nitrogen and oxygen atoms in total. The van der Waals surface area contributed by atoms with Gasteiger partial charge in [0.2, 0.25) is 0 Å². The van der Waals surface area contributed by atoms with Crippen LogP contribution in [0.15, 0.2) is 42.6 Å². The lowest BCUT2D eigenvalue weighted by Crippen LogP contribution is -2.35. The number of rotatable bonds is 5. The molecule has 3 N–H and O–H groups in total. The van der Waals surface area contributed by atoms with Gasteiger partial charge >= 0.3 is 7.75 Å². The molecule has 1 aromatic carbocycles. The van der Waals surface area contributed by atoms with E-state index in [-0.39, 0.29) is 30.4 Å². The number of hydrogen-bond donors (Lipinski definition) is 2. The minimum atomic E-state index is -4.05. The van der Waals surface area contributed by atoms with Crippen LogP contribution >= 0.6 is 30.9 Å². The van der Waals surface area contributed by atoms with Crippen molar-refractivity contribution in [2.45, 2.75) is 26.5 Å². The van der Waals surface area contributed by atoms with Gasteiger partial charge in [0.25, 0.3) is 0 Å². The molecule has 1 aliphatic rings. The van der Waals surface area contributed by atoms with Gasteiger partial charge in [-0.15, -0.1) is 9.55 Å². The van der Waals surface area contributed by atoms with Crippen molar-refractivity contribution in [1.82, 2.24) is 14.5 Å². The summed E-state index contributed by atoms with van der Waals surface area (Å²) in [7, 11) is -4.05. The number of hydrogen-bond acceptors (Lipinski definition) is 8. The molecule has 1 aliphatic heterocycles. The molecule has 2 atom stereocenters. The standard InChI is InChI=1S/C21H21Cl2N6O3P/c1-21(2)12-31-33(30,32-18(21)14-5-3-4-6-16(14)22)29-19(25)15(9-24)20(28-29)27-11-13-7-8-17(23)26-10-13/h3-8,10,18H,11-12,25H2,1-2H3,(H,27,28). The van der Waals surface area contributed by atoms with Crippen LogP contribution in [0.2, 0.25) is 10.2 Å². The van der Waals surface area contributed by atoms with Crippen LogP contribution in [0, 0.1) is 16.7 Å². The molecule has 0 saturated carbocycles. The highest BCUT2D eigenvalue weighted by atomic mass is 35.5. The third kappa shape index (κ3) is 4.58. The number of anilines is 2. The minimum absolute atomic E-state index is 0.0264. The van der Waals surface area contributed by atoms with Gasteiger partial charge in [-0.2, -0.15) is 5.26 Å². The molecule has 3 heterocycles. The fourth-order valence-corrected chi connectivity index (χ4v) is 5.76. The highest BCUT2D eigenvalue weighted by Gasteiger charge is 2.48. The average molecular weight is 507 g/mol. The Morgan fingerprint density at radius 2 is 2.09 bits per heavy atom. The van der Waals surface area contributed by atoms with Crippen molar-refractivity contribution >= 4 is 42.6 Å². The van der Waals surface area contributed by atoms with Gasteiger partial charge in [0.15, 0.2) is 11.6 Å². The first-order valence-electron chi connectivity index (χ1n) is 9.96.